The molecule has 2 aromatic rings. The molecule has 0 bridgehead atoms. The van der Waals surface area contributed by atoms with Gasteiger partial charge in [0.15, 0.2) is 0 Å². The molecule has 4 nitrogen and oxygen atoms in total. The van der Waals surface area contributed by atoms with E-state index in [0.717, 1.165) is 22.3 Å². The number of hydrogen-bond acceptors (Lipinski definition) is 4. The van der Waals surface area contributed by atoms with Crippen molar-refractivity contribution in [1.29, 1.82) is 0 Å². The molecule has 0 heterocycles. The first-order valence-corrected chi connectivity index (χ1v) is 6.04. The number of carboxylic acid groups (broad SMARTS) is 2. The van der Waals surface area contributed by atoms with E-state index in [1.807, 2.05) is 0 Å². The molecule has 0 unspecified atom stereocenters. The molecule has 0 radical (unpaired) electrons. The molecule has 0 aliphatic heterocycles. The molecule has 2 rings (SSSR count). The van der Waals surface area contributed by atoms with Gasteiger partial charge in [-0.05, 0) is 59.4 Å². The van der Waals surface area contributed by atoms with Gasteiger partial charge in [-0.15, -0.1) is 0 Å². The van der Waals surface area contributed by atoms with Crippen LogP contribution >= 0.6 is 0 Å². The molecule has 0 aromatic heterocycles. The Morgan fingerprint density at radius 3 is 1.33 bits per heavy atom. The molecular formula is C16H12FeO4. The number of carbonyl (C=O) groups excluding carboxylic acids is 2. The first-order chi connectivity index (χ1) is 9.40. The Kier molecular flexibility index (Phi) is 5.30. The van der Waals surface area contributed by atoms with Crippen LogP contribution < -0.4 is 10.2 Å². The Morgan fingerprint density at radius 1 is 0.762 bits per heavy atom. The van der Waals surface area contributed by atoms with Crippen LogP contribution in [0, 0.1) is 13.8 Å². The molecule has 108 valence electrons. The number of carboxylic acids is 2. The third-order valence-corrected chi connectivity index (χ3v) is 3.21. The molecule has 0 saturated carbocycles. The fraction of sp³-hybridized carbons (Fsp3) is 0.125. The number of aryl methyl sites for hydroxylation is 2. The van der Waals surface area contributed by atoms with Gasteiger partial charge in [0, 0.05) is 0 Å². The summed E-state index contributed by atoms with van der Waals surface area (Å²) in [4.78, 5) is 21.6. The zero-order valence-corrected chi connectivity index (χ0v) is 12.6. The fourth-order valence-electron chi connectivity index (χ4n) is 2.19. The normalized spacial score (nSPS) is 9.81. The van der Waals surface area contributed by atoms with E-state index < -0.39 is 11.9 Å². The van der Waals surface area contributed by atoms with Gasteiger partial charge in [-0.2, -0.15) is 0 Å². The standard InChI is InChI=1S/C16H14O4.Fe/c1-9-7-11(15(17)18)3-5-13(9)14-6-4-12(16(19)20)8-10(14)2;/h3-8H,1-2H3,(H,17,18)(H,19,20);/q;+2/p-2. The van der Waals surface area contributed by atoms with Crippen LogP contribution in [-0.2, 0) is 17.1 Å². The van der Waals surface area contributed by atoms with E-state index in [0.29, 0.717) is 0 Å². The van der Waals surface area contributed by atoms with E-state index in [2.05, 4.69) is 0 Å². The van der Waals surface area contributed by atoms with E-state index in [1.54, 1.807) is 26.0 Å². The second kappa shape index (κ2) is 6.57. The summed E-state index contributed by atoms with van der Waals surface area (Å²) in [6.45, 7) is 3.60. The second-order valence-electron chi connectivity index (χ2n) is 4.63. The fourth-order valence-corrected chi connectivity index (χ4v) is 2.19. The largest absolute Gasteiger partial charge is 2.00 e. The van der Waals surface area contributed by atoms with Gasteiger partial charge in [0.1, 0.15) is 0 Å². The van der Waals surface area contributed by atoms with Gasteiger partial charge in [-0.1, -0.05) is 24.3 Å². The minimum absolute atomic E-state index is 0. The molecule has 5 heteroatoms. The number of rotatable bonds is 3. The van der Waals surface area contributed by atoms with Crippen molar-refractivity contribution in [2.75, 3.05) is 0 Å². The number of carbonyl (C=O) groups is 2. The van der Waals surface area contributed by atoms with Crippen LogP contribution in [0.3, 0.4) is 0 Å². The SMILES string of the molecule is Cc1cc(C(=O)[O-])ccc1-c1ccc(C(=O)[O-])cc1C.[Fe+2]. The van der Waals surface area contributed by atoms with Crippen LogP contribution in [0.4, 0.5) is 0 Å². The molecule has 0 fully saturated rings. The molecular weight excluding hydrogens is 312 g/mol. The summed E-state index contributed by atoms with van der Waals surface area (Å²) >= 11 is 0. The summed E-state index contributed by atoms with van der Waals surface area (Å²) in [5, 5.41) is 21.6. The van der Waals surface area contributed by atoms with Gasteiger partial charge < -0.3 is 19.8 Å². The van der Waals surface area contributed by atoms with Crippen LogP contribution in [0.5, 0.6) is 0 Å². The van der Waals surface area contributed by atoms with E-state index in [-0.39, 0.29) is 28.2 Å². The van der Waals surface area contributed by atoms with Crippen LogP contribution in [0.15, 0.2) is 36.4 Å². The van der Waals surface area contributed by atoms with Gasteiger partial charge >= 0.3 is 17.1 Å². The van der Waals surface area contributed by atoms with Gasteiger partial charge in [-0.25, -0.2) is 0 Å². The predicted octanol–water partition coefficient (Wildman–Crippen LogP) is 0.695. The van der Waals surface area contributed by atoms with Crippen LogP contribution in [0.1, 0.15) is 31.8 Å². The molecule has 0 atom stereocenters. The van der Waals surface area contributed by atoms with Crippen LogP contribution in [0.25, 0.3) is 11.1 Å². The maximum absolute atomic E-state index is 10.8. The van der Waals surface area contributed by atoms with Gasteiger partial charge in [0.2, 0.25) is 0 Å². The summed E-state index contributed by atoms with van der Waals surface area (Å²) in [5.74, 6) is -2.44. The summed E-state index contributed by atoms with van der Waals surface area (Å²) in [5.41, 5.74) is 3.53. The van der Waals surface area contributed by atoms with Crippen molar-refractivity contribution in [3.8, 4) is 11.1 Å². The van der Waals surface area contributed by atoms with Gasteiger partial charge in [0.25, 0.3) is 0 Å². The average molecular weight is 324 g/mol. The Labute approximate surface area is 132 Å². The van der Waals surface area contributed by atoms with Crippen molar-refractivity contribution in [3.63, 3.8) is 0 Å². The third kappa shape index (κ3) is 3.51. The topological polar surface area (TPSA) is 80.3 Å². The zero-order valence-electron chi connectivity index (χ0n) is 11.5. The minimum Gasteiger partial charge on any atom is -0.545 e. The minimum atomic E-state index is -1.22. The summed E-state index contributed by atoms with van der Waals surface area (Å²) < 4.78 is 0. The summed E-state index contributed by atoms with van der Waals surface area (Å²) in [6, 6.07) is 9.42. The molecule has 0 aliphatic rings. The van der Waals surface area contributed by atoms with E-state index >= 15 is 0 Å². The maximum Gasteiger partial charge on any atom is 2.00 e. The molecule has 0 spiro atoms. The van der Waals surface area contributed by atoms with Crippen molar-refractivity contribution in [3.05, 3.63) is 58.7 Å². The van der Waals surface area contributed by atoms with Crippen molar-refractivity contribution in [2.24, 2.45) is 0 Å². The van der Waals surface area contributed by atoms with E-state index in [9.17, 15) is 19.8 Å². The molecule has 0 saturated heterocycles. The van der Waals surface area contributed by atoms with Crippen molar-refractivity contribution in [1.82, 2.24) is 0 Å². The summed E-state index contributed by atoms with van der Waals surface area (Å²) in [7, 11) is 0. The smallest absolute Gasteiger partial charge is 0.545 e. The number of benzene rings is 2. The Balaban J connectivity index is 0.00000220. The van der Waals surface area contributed by atoms with E-state index in [4.69, 9.17) is 0 Å². The first-order valence-electron chi connectivity index (χ1n) is 6.04. The Morgan fingerprint density at radius 2 is 1.10 bits per heavy atom. The predicted molar refractivity (Wildman–Crippen MR) is 70.0 cm³/mol. The van der Waals surface area contributed by atoms with Crippen LogP contribution in [-0.4, -0.2) is 11.9 Å². The molecule has 2 aromatic carbocycles. The number of hydrogen-bond donors (Lipinski definition) is 0. The van der Waals surface area contributed by atoms with Crippen molar-refractivity contribution >= 4 is 11.9 Å². The van der Waals surface area contributed by atoms with Gasteiger partial charge in [0.05, 0.1) is 11.9 Å². The molecule has 0 aliphatic carbocycles. The maximum atomic E-state index is 10.8. The van der Waals surface area contributed by atoms with Gasteiger partial charge in [-0.3, -0.25) is 0 Å². The zero-order chi connectivity index (χ0) is 14.9. The van der Waals surface area contributed by atoms with Crippen molar-refractivity contribution in [2.45, 2.75) is 13.8 Å². The summed E-state index contributed by atoms with van der Waals surface area (Å²) in [6.07, 6.45) is 0. The van der Waals surface area contributed by atoms with Crippen molar-refractivity contribution < 1.29 is 36.9 Å². The molecule has 0 N–H and O–H groups in total. The Bertz CT molecular complexity index is 646. The quantitative estimate of drug-likeness (QED) is 0.778. The molecule has 21 heavy (non-hydrogen) atoms. The number of aromatic carboxylic acids is 2. The third-order valence-electron chi connectivity index (χ3n) is 3.21. The first kappa shape index (κ1) is 17.0. The second-order valence-corrected chi connectivity index (χ2v) is 4.63. The monoisotopic (exact) mass is 324 g/mol. The Hall–Kier alpha value is -2.10. The molecule has 0 amide bonds. The van der Waals surface area contributed by atoms with E-state index in [1.165, 1.54) is 24.3 Å². The van der Waals surface area contributed by atoms with Crippen LogP contribution in [0.2, 0.25) is 0 Å². The average Bonchev–Trinajstić information content (AvgIpc) is 2.38.